The summed E-state index contributed by atoms with van der Waals surface area (Å²) < 4.78 is 1.97. The first-order chi connectivity index (χ1) is 12.1. The molecule has 3 aromatic rings. The van der Waals surface area contributed by atoms with Crippen molar-refractivity contribution in [2.45, 2.75) is 25.0 Å². The van der Waals surface area contributed by atoms with Crippen LogP contribution in [0.15, 0.2) is 47.2 Å². The van der Waals surface area contributed by atoms with Crippen molar-refractivity contribution in [1.82, 2.24) is 14.8 Å². The van der Waals surface area contributed by atoms with E-state index >= 15 is 0 Å². The van der Waals surface area contributed by atoms with Gasteiger partial charge < -0.3 is 9.88 Å². The lowest BCUT2D eigenvalue weighted by Crippen LogP contribution is -2.15. The lowest BCUT2D eigenvalue weighted by molar-refractivity contribution is -0.113. The molecule has 0 saturated heterocycles. The first kappa shape index (κ1) is 18.0. The molecule has 0 radical (unpaired) electrons. The van der Waals surface area contributed by atoms with Gasteiger partial charge in [0.25, 0.3) is 0 Å². The van der Waals surface area contributed by atoms with Crippen molar-refractivity contribution in [3.63, 3.8) is 0 Å². The van der Waals surface area contributed by atoms with Gasteiger partial charge in [-0.2, -0.15) is 0 Å². The Hall–Kier alpha value is -1.83. The first-order valence-corrected chi connectivity index (χ1v) is 9.95. The molecule has 0 saturated carbocycles. The quantitative estimate of drug-likeness (QED) is 0.610. The maximum absolute atomic E-state index is 12.2. The number of thiophene rings is 1. The molecule has 2 aromatic heterocycles. The van der Waals surface area contributed by atoms with Gasteiger partial charge in [-0.25, -0.2) is 0 Å². The largest absolute Gasteiger partial charge is 0.325 e. The highest BCUT2D eigenvalue weighted by molar-refractivity contribution is 7.99. The number of halogens is 1. The van der Waals surface area contributed by atoms with Gasteiger partial charge in [0.1, 0.15) is 6.33 Å². The van der Waals surface area contributed by atoms with Crippen molar-refractivity contribution < 1.29 is 4.79 Å². The molecule has 1 amide bonds. The minimum absolute atomic E-state index is 0.0943. The fourth-order valence-corrected chi connectivity index (χ4v) is 3.85. The van der Waals surface area contributed by atoms with Crippen molar-refractivity contribution >= 4 is 46.3 Å². The zero-order valence-electron chi connectivity index (χ0n) is 13.6. The molecule has 0 aliphatic rings. The van der Waals surface area contributed by atoms with E-state index in [1.165, 1.54) is 16.6 Å². The number of nitrogens with zero attached hydrogens (tertiary/aromatic N) is 3. The van der Waals surface area contributed by atoms with E-state index in [9.17, 15) is 4.79 Å². The van der Waals surface area contributed by atoms with Gasteiger partial charge in [0.15, 0.2) is 5.16 Å². The monoisotopic (exact) mass is 392 g/mol. The number of amides is 1. The molecule has 3 rings (SSSR count). The minimum atomic E-state index is -0.0943. The Labute approximate surface area is 159 Å². The van der Waals surface area contributed by atoms with Gasteiger partial charge in [-0.3, -0.25) is 4.79 Å². The summed E-state index contributed by atoms with van der Waals surface area (Å²) in [4.78, 5) is 13.5. The fraction of sp³-hybridized carbons (Fsp3) is 0.235. The molecule has 0 aliphatic carbocycles. The lowest BCUT2D eigenvalue weighted by atomic mass is 10.2. The zero-order chi connectivity index (χ0) is 17.6. The number of thioether (sulfide) groups is 1. The van der Waals surface area contributed by atoms with Crippen molar-refractivity contribution in [3.05, 3.63) is 57.5 Å². The summed E-state index contributed by atoms with van der Waals surface area (Å²) in [6, 6.07) is 9.60. The first-order valence-electron chi connectivity index (χ1n) is 7.71. The number of nitrogens with one attached hydrogen (secondary N) is 1. The predicted molar refractivity (Wildman–Crippen MR) is 104 cm³/mol. The molecular formula is C17H17ClN4OS2. The summed E-state index contributed by atoms with van der Waals surface area (Å²) in [6.45, 7) is 2.73. The third-order valence-electron chi connectivity index (χ3n) is 3.57. The van der Waals surface area contributed by atoms with Crippen LogP contribution >= 0.6 is 34.7 Å². The number of carbonyl (C=O) groups is 1. The number of anilines is 1. The topological polar surface area (TPSA) is 59.8 Å². The van der Waals surface area contributed by atoms with E-state index in [-0.39, 0.29) is 11.7 Å². The third kappa shape index (κ3) is 5.07. The Bertz CT molecular complexity index is 848. The Morgan fingerprint density at radius 3 is 3.08 bits per heavy atom. The van der Waals surface area contributed by atoms with Crippen LogP contribution in [0.5, 0.6) is 0 Å². The van der Waals surface area contributed by atoms with E-state index in [4.69, 9.17) is 11.6 Å². The number of carbonyl (C=O) groups excluding carboxylic acids is 1. The Balaban J connectivity index is 1.54. The van der Waals surface area contributed by atoms with E-state index in [0.29, 0.717) is 5.02 Å². The van der Waals surface area contributed by atoms with Gasteiger partial charge in [0, 0.05) is 22.1 Å². The summed E-state index contributed by atoms with van der Waals surface area (Å²) in [5, 5.41) is 14.4. The predicted octanol–water partition coefficient (Wildman–Crippen LogP) is 4.27. The van der Waals surface area contributed by atoms with Gasteiger partial charge in [-0.05, 0) is 42.5 Å². The second-order valence-corrected chi connectivity index (χ2v) is 7.84. The second kappa shape index (κ2) is 8.51. The number of rotatable bonds is 7. The highest BCUT2D eigenvalue weighted by Gasteiger charge is 2.10. The molecule has 1 N–H and O–H groups in total. The molecular weight excluding hydrogens is 376 g/mol. The van der Waals surface area contributed by atoms with Gasteiger partial charge in [-0.15, -0.1) is 21.5 Å². The number of hydrogen-bond acceptors (Lipinski definition) is 5. The molecule has 0 atom stereocenters. The summed E-state index contributed by atoms with van der Waals surface area (Å²) in [7, 11) is 0. The maximum atomic E-state index is 12.2. The Morgan fingerprint density at radius 2 is 2.28 bits per heavy atom. The average molecular weight is 393 g/mol. The SMILES string of the molecule is Cc1ccc(Cl)cc1NC(=O)CSc1nncn1CCc1cccs1. The van der Waals surface area contributed by atoms with Crippen LogP contribution in [0.4, 0.5) is 5.69 Å². The summed E-state index contributed by atoms with van der Waals surface area (Å²) in [5.74, 6) is 0.173. The van der Waals surface area contributed by atoms with Crippen molar-refractivity contribution in [2.24, 2.45) is 0 Å². The fourth-order valence-electron chi connectivity index (χ4n) is 2.24. The van der Waals surface area contributed by atoms with E-state index in [2.05, 4.69) is 27.0 Å². The highest BCUT2D eigenvalue weighted by atomic mass is 35.5. The second-order valence-electron chi connectivity index (χ2n) is 5.43. The van der Waals surface area contributed by atoms with Crippen molar-refractivity contribution in [1.29, 1.82) is 0 Å². The molecule has 25 heavy (non-hydrogen) atoms. The van der Waals surface area contributed by atoms with E-state index < -0.39 is 0 Å². The molecule has 0 aliphatic heterocycles. The van der Waals surface area contributed by atoms with Crippen LogP contribution in [0.2, 0.25) is 5.02 Å². The van der Waals surface area contributed by atoms with Crippen LogP contribution in [-0.2, 0) is 17.8 Å². The van der Waals surface area contributed by atoms with Crippen LogP contribution in [0, 0.1) is 6.92 Å². The summed E-state index contributed by atoms with van der Waals surface area (Å²) in [5.41, 5.74) is 1.71. The number of benzene rings is 1. The van der Waals surface area contributed by atoms with Gasteiger partial charge in [0.05, 0.1) is 5.75 Å². The zero-order valence-corrected chi connectivity index (χ0v) is 16.0. The summed E-state index contributed by atoms with van der Waals surface area (Å²) >= 11 is 9.09. The van der Waals surface area contributed by atoms with Gasteiger partial charge in [0.2, 0.25) is 5.91 Å². The normalized spacial score (nSPS) is 10.8. The molecule has 0 spiro atoms. The van der Waals surface area contributed by atoms with Gasteiger partial charge >= 0.3 is 0 Å². The van der Waals surface area contributed by atoms with Gasteiger partial charge in [-0.1, -0.05) is 35.5 Å². The minimum Gasteiger partial charge on any atom is -0.325 e. The molecule has 0 unspecified atom stereocenters. The molecule has 5 nitrogen and oxygen atoms in total. The molecule has 2 heterocycles. The molecule has 8 heteroatoms. The van der Waals surface area contributed by atoms with E-state index in [1.54, 1.807) is 29.8 Å². The molecule has 0 fully saturated rings. The van der Waals surface area contributed by atoms with Crippen molar-refractivity contribution in [3.8, 4) is 0 Å². The molecule has 0 bridgehead atoms. The van der Waals surface area contributed by atoms with Crippen LogP contribution in [0.3, 0.4) is 0 Å². The van der Waals surface area contributed by atoms with Crippen LogP contribution in [-0.4, -0.2) is 26.4 Å². The number of aryl methyl sites for hydroxylation is 3. The standard InChI is InChI=1S/C17H17ClN4OS2/c1-12-4-5-13(18)9-15(12)20-16(23)10-25-17-21-19-11-22(17)7-6-14-3-2-8-24-14/h2-5,8-9,11H,6-7,10H2,1H3,(H,20,23). The van der Waals surface area contributed by atoms with E-state index in [0.717, 1.165) is 29.4 Å². The van der Waals surface area contributed by atoms with Crippen LogP contribution < -0.4 is 5.32 Å². The molecule has 130 valence electrons. The summed E-state index contributed by atoms with van der Waals surface area (Å²) in [6.07, 6.45) is 2.63. The highest BCUT2D eigenvalue weighted by Crippen LogP contribution is 2.21. The maximum Gasteiger partial charge on any atom is 0.234 e. The average Bonchev–Trinajstić information content (AvgIpc) is 3.25. The number of aromatic nitrogens is 3. The smallest absolute Gasteiger partial charge is 0.234 e. The van der Waals surface area contributed by atoms with E-state index in [1.807, 2.05) is 23.6 Å². The van der Waals surface area contributed by atoms with Crippen LogP contribution in [0.25, 0.3) is 0 Å². The number of hydrogen-bond donors (Lipinski definition) is 1. The van der Waals surface area contributed by atoms with Crippen LogP contribution in [0.1, 0.15) is 10.4 Å². The Morgan fingerprint density at radius 1 is 1.40 bits per heavy atom. The molecule has 1 aromatic carbocycles. The lowest BCUT2D eigenvalue weighted by Gasteiger charge is -2.09. The third-order valence-corrected chi connectivity index (χ3v) is 5.72. The van der Waals surface area contributed by atoms with Crippen molar-refractivity contribution in [2.75, 3.05) is 11.1 Å². The Kier molecular flexibility index (Phi) is 6.12.